The molecule has 0 aliphatic heterocycles. The predicted molar refractivity (Wildman–Crippen MR) is 122 cm³/mol. The van der Waals surface area contributed by atoms with E-state index in [9.17, 15) is 10.1 Å². The molecule has 0 aliphatic carbocycles. The maximum Gasteiger partial charge on any atom is 0.269 e. The van der Waals surface area contributed by atoms with E-state index in [-0.39, 0.29) is 12.3 Å². The van der Waals surface area contributed by atoms with Gasteiger partial charge >= 0.3 is 0 Å². The van der Waals surface area contributed by atoms with E-state index in [0.29, 0.717) is 24.6 Å². The molecule has 0 bridgehead atoms. The Labute approximate surface area is 189 Å². The number of ether oxygens (including phenoxy) is 3. The van der Waals surface area contributed by atoms with E-state index >= 15 is 0 Å². The van der Waals surface area contributed by atoms with Crippen molar-refractivity contribution in [2.24, 2.45) is 0 Å². The van der Waals surface area contributed by atoms with Crippen molar-refractivity contribution in [1.29, 1.82) is 0 Å². The second-order valence-corrected chi connectivity index (χ2v) is 7.54. The lowest BCUT2D eigenvalue weighted by molar-refractivity contribution is -0.384. The molecule has 0 amide bonds. The van der Waals surface area contributed by atoms with E-state index < -0.39 is 4.92 Å². The fourth-order valence-corrected chi connectivity index (χ4v) is 3.56. The van der Waals surface area contributed by atoms with Crippen molar-refractivity contribution in [3.63, 3.8) is 0 Å². The maximum absolute atomic E-state index is 10.8. The fraction of sp³-hybridized carbons (Fsp3) is 0.217. The zero-order chi connectivity index (χ0) is 22.2. The molecule has 0 aromatic heterocycles. The zero-order valence-electron chi connectivity index (χ0n) is 17.3. The van der Waals surface area contributed by atoms with Gasteiger partial charge in [-0.15, -0.1) is 0 Å². The summed E-state index contributed by atoms with van der Waals surface area (Å²) in [6.07, 6.45) is 0. The lowest BCUT2D eigenvalue weighted by Gasteiger charge is -2.17. The van der Waals surface area contributed by atoms with Gasteiger partial charge in [-0.1, -0.05) is 34.1 Å². The molecule has 8 heteroatoms. The largest absolute Gasteiger partial charge is 0.496 e. The lowest BCUT2D eigenvalue weighted by Crippen LogP contribution is -2.15. The van der Waals surface area contributed by atoms with Crippen molar-refractivity contribution in [1.82, 2.24) is 5.32 Å². The third kappa shape index (κ3) is 5.74. The van der Waals surface area contributed by atoms with Crippen molar-refractivity contribution in [2.45, 2.75) is 19.7 Å². The van der Waals surface area contributed by atoms with Gasteiger partial charge in [0.1, 0.15) is 12.4 Å². The Kier molecular flexibility index (Phi) is 7.86. The molecule has 0 atom stereocenters. The molecule has 7 nitrogen and oxygen atoms in total. The first-order chi connectivity index (χ1) is 15.0. The smallest absolute Gasteiger partial charge is 0.269 e. The van der Waals surface area contributed by atoms with E-state index in [1.54, 1.807) is 26.4 Å². The molecule has 0 saturated carbocycles. The minimum Gasteiger partial charge on any atom is -0.496 e. The van der Waals surface area contributed by atoms with Crippen LogP contribution in [0.5, 0.6) is 17.2 Å². The van der Waals surface area contributed by atoms with E-state index in [4.69, 9.17) is 14.2 Å². The van der Waals surface area contributed by atoms with E-state index in [0.717, 1.165) is 26.9 Å². The van der Waals surface area contributed by atoms with Crippen molar-refractivity contribution in [3.05, 3.63) is 91.9 Å². The molecule has 0 radical (unpaired) electrons. The summed E-state index contributed by atoms with van der Waals surface area (Å²) >= 11 is 3.60. The number of halogens is 1. The SMILES string of the molecule is COc1ccccc1CNCc1c(Br)ccc(OC)c1OCc1ccc([N+](=O)[O-])cc1. The zero-order valence-corrected chi connectivity index (χ0v) is 18.8. The van der Waals surface area contributed by atoms with Crippen LogP contribution in [0.3, 0.4) is 0 Å². The molecule has 0 unspecified atom stereocenters. The van der Waals surface area contributed by atoms with Gasteiger partial charge in [0.05, 0.1) is 19.1 Å². The van der Waals surface area contributed by atoms with Crippen molar-refractivity contribution >= 4 is 21.6 Å². The molecule has 3 aromatic carbocycles. The molecule has 0 saturated heterocycles. The maximum atomic E-state index is 10.8. The quantitative estimate of drug-likeness (QED) is 0.311. The van der Waals surface area contributed by atoms with Crippen molar-refractivity contribution in [2.75, 3.05) is 14.2 Å². The van der Waals surface area contributed by atoms with Crippen LogP contribution in [0.15, 0.2) is 65.1 Å². The number of benzene rings is 3. The number of hydrogen-bond acceptors (Lipinski definition) is 6. The highest BCUT2D eigenvalue weighted by Gasteiger charge is 2.15. The summed E-state index contributed by atoms with van der Waals surface area (Å²) in [6, 6.07) is 17.9. The van der Waals surface area contributed by atoms with Gasteiger partial charge in [-0.05, 0) is 35.9 Å². The number of nitrogens with one attached hydrogen (secondary N) is 1. The summed E-state index contributed by atoms with van der Waals surface area (Å²) in [5.41, 5.74) is 2.83. The van der Waals surface area contributed by atoms with Gasteiger partial charge in [0.25, 0.3) is 5.69 Å². The number of para-hydroxylation sites is 1. The molecule has 162 valence electrons. The second-order valence-electron chi connectivity index (χ2n) is 6.68. The molecular weight excluding hydrogens is 464 g/mol. The van der Waals surface area contributed by atoms with Crippen LogP contribution in [-0.2, 0) is 19.7 Å². The van der Waals surface area contributed by atoms with Crippen LogP contribution >= 0.6 is 15.9 Å². The summed E-state index contributed by atoms with van der Waals surface area (Å²) in [4.78, 5) is 10.4. The van der Waals surface area contributed by atoms with Crippen molar-refractivity contribution < 1.29 is 19.1 Å². The summed E-state index contributed by atoms with van der Waals surface area (Å²) in [6.45, 7) is 1.41. The van der Waals surface area contributed by atoms with E-state index in [2.05, 4.69) is 21.2 Å². The van der Waals surface area contributed by atoms with Crippen molar-refractivity contribution in [3.8, 4) is 17.2 Å². The number of nitro groups is 1. The monoisotopic (exact) mass is 486 g/mol. The van der Waals surface area contributed by atoms with Crippen LogP contribution in [0, 0.1) is 10.1 Å². The molecule has 3 rings (SSSR count). The molecule has 31 heavy (non-hydrogen) atoms. The first-order valence-corrected chi connectivity index (χ1v) is 10.4. The number of rotatable bonds is 10. The van der Waals surface area contributed by atoms with E-state index in [1.807, 2.05) is 36.4 Å². The highest BCUT2D eigenvalue weighted by molar-refractivity contribution is 9.10. The van der Waals surface area contributed by atoms with Gasteiger partial charge in [0.15, 0.2) is 11.5 Å². The Morgan fingerprint density at radius 3 is 2.32 bits per heavy atom. The molecule has 1 N–H and O–H groups in total. The summed E-state index contributed by atoms with van der Waals surface area (Å²) < 4.78 is 17.9. The van der Waals surface area contributed by atoms with Crippen LogP contribution in [0.1, 0.15) is 16.7 Å². The molecule has 0 spiro atoms. The molecule has 0 fully saturated rings. The van der Waals surface area contributed by atoms with Gasteiger partial charge < -0.3 is 19.5 Å². The van der Waals surface area contributed by atoms with Crippen LogP contribution in [0.2, 0.25) is 0 Å². The van der Waals surface area contributed by atoms with Crippen LogP contribution in [0.4, 0.5) is 5.69 Å². The number of hydrogen-bond donors (Lipinski definition) is 1. The minimum atomic E-state index is -0.423. The Morgan fingerprint density at radius 1 is 0.935 bits per heavy atom. The Hall–Kier alpha value is -3.10. The third-order valence-electron chi connectivity index (χ3n) is 4.73. The normalized spacial score (nSPS) is 10.5. The fourth-order valence-electron chi connectivity index (χ4n) is 3.11. The highest BCUT2D eigenvalue weighted by atomic mass is 79.9. The second kappa shape index (κ2) is 10.8. The molecule has 0 heterocycles. The number of nitro benzene ring substituents is 1. The first-order valence-electron chi connectivity index (χ1n) is 9.57. The van der Waals surface area contributed by atoms with Gasteiger partial charge in [-0.3, -0.25) is 10.1 Å². The Balaban J connectivity index is 1.74. The average Bonchev–Trinajstić information content (AvgIpc) is 2.79. The summed E-state index contributed by atoms with van der Waals surface area (Å²) in [5, 5.41) is 14.3. The first kappa shape index (κ1) is 22.6. The number of nitrogens with zero attached hydrogens (tertiary/aromatic N) is 1. The standard InChI is InChI=1S/C23H23BrN2O5/c1-29-21-6-4-3-5-17(21)13-25-14-19-20(24)11-12-22(30-2)23(19)31-15-16-7-9-18(10-8-16)26(27)28/h3-12,25H,13-15H2,1-2H3. The topological polar surface area (TPSA) is 82.9 Å². The minimum absolute atomic E-state index is 0.0463. The van der Waals surface area contributed by atoms with Gasteiger partial charge in [-0.25, -0.2) is 0 Å². The molecule has 0 aliphatic rings. The average molecular weight is 487 g/mol. The number of non-ortho nitro benzene ring substituents is 1. The summed E-state index contributed by atoms with van der Waals surface area (Å²) in [7, 11) is 3.25. The Morgan fingerprint density at radius 2 is 1.65 bits per heavy atom. The van der Waals surface area contributed by atoms with Gasteiger partial charge in [-0.2, -0.15) is 0 Å². The van der Waals surface area contributed by atoms with E-state index in [1.165, 1.54) is 12.1 Å². The van der Waals surface area contributed by atoms with Crippen LogP contribution in [-0.4, -0.2) is 19.1 Å². The van der Waals surface area contributed by atoms with Gasteiger partial charge in [0.2, 0.25) is 0 Å². The van der Waals surface area contributed by atoms with Crippen LogP contribution in [0.25, 0.3) is 0 Å². The lowest BCUT2D eigenvalue weighted by atomic mass is 10.1. The summed E-state index contributed by atoms with van der Waals surface area (Å²) in [5.74, 6) is 2.05. The van der Waals surface area contributed by atoms with Gasteiger partial charge in [0, 0.05) is 40.8 Å². The highest BCUT2D eigenvalue weighted by Crippen LogP contribution is 2.37. The predicted octanol–water partition coefficient (Wildman–Crippen LogP) is 5.24. The Bertz CT molecular complexity index is 1040. The molecular formula is C23H23BrN2O5. The molecule has 3 aromatic rings. The van der Waals surface area contributed by atoms with Crippen LogP contribution < -0.4 is 19.5 Å². The number of methoxy groups -OCH3 is 2. The third-order valence-corrected chi connectivity index (χ3v) is 5.47.